The van der Waals surface area contributed by atoms with Crippen LogP contribution in [0.1, 0.15) is 46.1 Å². The fourth-order valence-electron chi connectivity index (χ4n) is 1.93. The molecule has 19 heavy (non-hydrogen) atoms. The van der Waals surface area contributed by atoms with E-state index in [9.17, 15) is 0 Å². The summed E-state index contributed by atoms with van der Waals surface area (Å²) in [4.78, 5) is 0. The van der Waals surface area contributed by atoms with Gasteiger partial charge in [0, 0.05) is 16.5 Å². The van der Waals surface area contributed by atoms with Gasteiger partial charge >= 0.3 is 0 Å². The van der Waals surface area contributed by atoms with Crippen molar-refractivity contribution in [3.63, 3.8) is 0 Å². The van der Waals surface area contributed by atoms with Crippen LogP contribution in [-0.2, 0) is 6.42 Å². The summed E-state index contributed by atoms with van der Waals surface area (Å²) >= 11 is 2.06. The van der Waals surface area contributed by atoms with Crippen molar-refractivity contribution >= 4 is 11.8 Å². The number of aryl methyl sites for hydroxylation is 1. The normalized spacial score (nSPS) is 13.5. The Bertz CT molecular complexity index is 329. The fourth-order valence-corrected chi connectivity index (χ4v) is 2.91. The quantitative estimate of drug-likeness (QED) is 0.751. The average molecular weight is 279 g/mol. The highest BCUT2D eigenvalue weighted by Gasteiger charge is 2.15. The minimum atomic E-state index is 0.360. The molecule has 2 heteroatoms. The zero-order chi connectivity index (χ0) is 14.1. The van der Waals surface area contributed by atoms with Crippen LogP contribution in [0.15, 0.2) is 30.3 Å². The molecule has 1 nitrogen and oxygen atoms in total. The van der Waals surface area contributed by atoms with Crippen molar-refractivity contribution < 1.29 is 0 Å². The van der Waals surface area contributed by atoms with Crippen LogP contribution in [0.5, 0.6) is 0 Å². The van der Waals surface area contributed by atoms with E-state index >= 15 is 0 Å². The van der Waals surface area contributed by atoms with Gasteiger partial charge in [0.1, 0.15) is 0 Å². The molecule has 0 aromatic heterocycles. The van der Waals surface area contributed by atoms with Crippen molar-refractivity contribution in [3.8, 4) is 0 Å². The molecule has 1 aromatic rings. The number of hydrogen-bond acceptors (Lipinski definition) is 2. The van der Waals surface area contributed by atoms with Crippen molar-refractivity contribution in [1.82, 2.24) is 5.32 Å². The highest BCUT2D eigenvalue weighted by atomic mass is 32.2. The predicted octanol–water partition coefficient (Wildman–Crippen LogP) is 4.52. The third-order valence-electron chi connectivity index (χ3n) is 3.02. The molecule has 0 radical (unpaired) electrons. The Morgan fingerprint density at radius 2 is 1.84 bits per heavy atom. The minimum Gasteiger partial charge on any atom is -0.313 e. The summed E-state index contributed by atoms with van der Waals surface area (Å²) in [5, 5.41) is 3.69. The van der Waals surface area contributed by atoms with Crippen molar-refractivity contribution in [2.45, 2.75) is 57.7 Å². The van der Waals surface area contributed by atoms with Crippen LogP contribution >= 0.6 is 11.8 Å². The average Bonchev–Trinajstić information content (AvgIpc) is 2.38. The van der Waals surface area contributed by atoms with E-state index in [2.05, 4.69) is 75.1 Å². The SMILES string of the molecule is CCCNC(CCc1ccccc1)CSC(C)(C)C. The molecule has 1 unspecified atom stereocenters. The molecule has 0 heterocycles. The molecule has 0 spiro atoms. The second kappa shape index (κ2) is 8.65. The third-order valence-corrected chi connectivity index (χ3v) is 4.46. The van der Waals surface area contributed by atoms with Gasteiger partial charge in [0.15, 0.2) is 0 Å². The maximum Gasteiger partial charge on any atom is 0.0161 e. The first-order valence-electron chi connectivity index (χ1n) is 7.42. The first-order valence-corrected chi connectivity index (χ1v) is 8.41. The lowest BCUT2D eigenvalue weighted by Gasteiger charge is -2.24. The maximum absolute atomic E-state index is 3.69. The summed E-state index contributed by atoms with van der Waals surface area (Å²) in [7, 11) is 0. The summed E-state index contributed by atoms with van der Waals surface area (Å²) < 4.78 is 0.360. The highest BCUT2D eigenvalue weighted by Crippen LogP contribution is 2.24. The Morgan fingerprint density at radius 3 is 2.42 bits per heavy atom. The summed E-state index contributed by atoms with van der Waals surface area (Å²) in [5.74, 6) is 1.20. The number of nitrogens with one attached hydrogen (secondary N) is 1. The van der Waals surface area contributed by atoms with E-state index in [4.69, 9.17) is 0 Å². The van der Waals surface area contributed by atoms with Gasteiger partial charge in [0.05, 0.1) is 0 Å². The van der Waals surface area contributed by atoms with Crippen LogP contribution in [0.4, 0.5) is 0 Å². The van der Waals surface area contributed by atoms with Crippen molar-refractivity contribution in [3.05, 3.63) is 35.9 Å². The van der Waals surface area contributed by atoms with Gasteiger partial charge in [-0.2, -0.15) is 11.8 Å². The first kappa shape index (κ1) is 16.6. The largest absolute Gasteiger partial charge is 0.313 e. The molecular formula is C17H29NS. The van der Waals surface area contributed by atoms with Crippen LogP contribution in [-0.4, -0.2) is 23.1 Å². The van der Waals surface area contributed by atoms with Gasteiger partial charge in [-0.25, -0.2) is 0 Å². The highest BCUT2D eigenvalue weighted by molar-refractivity contribution is 8.00. The van der Waals surface area contributed by atoms with Crippen LogP contribution in [0.3, 0.4) is 0 Å². The van der Waals surface area contributed by atoms with E-state index in [0.717, 1.165) is 6.54 Å². The topological polar surface area (TPSA) is 12.0 Å². The zero-order valence-electron chi connectivity index (χ0n) is 12.9. The number of rotatable bonds is 8. The summed E-state index contributed by atoms with van der Waals surface area (Å²) in [6.45, 7) is 10.3. The Hall–Kier alpha value is -0.470. The Labute approximate surface area is 123 Å². The summed E-state index contributed by atoms with van der Waals surface area (Å²) in [6, 6.07) is 11.4. The van der Waals surface area contributed by atoms with Crippen LogP contribution < -0.4 is 5.32 Å². The lowest BCUT2D eigenvalue weighted by molar-refractivity contribution is 0.518. The molecule has 1 aromatic carbocycles. The fraction of sp³-hybridized carbons (Fsp3) is 0.647. The van der Waals surface area contributed by atoms with Gasteiger partial charge < -0.3 is 5.32 Å². The second-order valence-electron chi connectivity index (χ2n) is 6.10. The van der Waals surface area contributed by atoms with Gasteiger partial charge in [0.2, 0.25) is 0 Å². The summed E-state index contributed by atoms with van der Waals surface area (Å²) in [6.07, 6.45) is 3.61. The second-order valence-corrected chi connectivity index (χ2v) is 7.95. The van der Waals surface area contributed by atoms with Crippen molar-refractivity contribution in [2.75, 3.05) is 12.3 Å². The summed E-state index contributed by atoms with van der Waals surface area (Å²) in [5.41, 5.74) is 1.45. The molecule has 0 aliphatic rings. The van der Waals surface area contributed by atoms with Crippen molar-refractivity contribution in [2.24, 2.45) is 0 Å². The van der Waals surface area contributed by atoms with E-state index in [0.29, 0.717) is 10.8 Å². The lowest BCUT2D eigenvalue weighted by Crippen LogP contribution is -2.33. The van der Waals surface area contributed by atoms with Gasteiger partial charge in [-0.1, -0.05) is 58.0 Å². The standard InChI is InChI=1S/C17H29NS/c1-5-13-18-16(14-19-17(2,3)4)12-11-15-9-7-6-8-10-15/h6-10,16,18H,5,11-14H2,1-4H3. The van der Waals surface area contributed by atoms with Gasteiger partial charge in [-0.3, -0.25) is 0 Å². The lowest BCUT2D eigenvalue weighted by atomic mass is 10.1. The molecule has 1 rings (SSSR count). The van der Waals surface area contributed by atoms with E-state index in [1.165, 1.54) is 30.6 Å². The van der Waals surface area contributed by atoms with Crippen LogP contribution in [0, 0.1) is 0 Å². The molecule has 0 aliphatic carbocycles. The first-order chi connectivity index (χ1) is 9.01. The van der Waals surface area contributed by atoms with Gasteiger partial charge in [0.25, 0.3) is 0 Å². The Kier molecular flexibility index (Phi) is 7.55. The van der Waals surface area contributed by atoms with Crippen LogP contribution in [0.2, 0.25) is 0 Å². The predicted molar refractivity (Wildman–Crippen MR) is 89.1 cm³/mol. The van der Waals surface area contributed by atoms with Crippen LogP contribution in [0.25, 0.3) is 0 Å². The van der Waals surface area contributed by atoms with E-state index in [1.54, 1.807) is 0 Å². The van der Waals surface area contributed by atoms with Crippen molar-refractivity contribution in [1.29, 1.82) is 0 Å². The number of benzene rings is 1. The molecule has 0 saturated carbocycles. The Morgan fingerprint density at radius 1 is 1.16 bits per heavy atom. The molecule has 0 aliphatic heterocycles. The minimum absolute atomic E-state index is 0.360. The van der Waals surface area contributed by atoms with E-state index < -0.39 is 0 Å². The molecule has 108 valence electrons. The molecule has 1 N–H and O–H groups in total. The molecule has 0 fully saturated rings. The van der Waals surface area contributed by atoms with E-state index in [-0.39, 0.29) is 0 Å². The molecule has 0 amide bonds. The number of hydrogen-bond donors (Lipinski definition) is 1. The molecule has 1 atom stereocenters. The number of thioether (sulfide) groups is 1. The van der Waals surface area contributed by atoms with Gasteiger partial charge in [-0.15, -0.1) is 0 Å². The maximum atomic E-state index is 3.69. The van der Waals surface area contributed by atoms with E-state index in [1.807, 2.05) is 0 Å². The molecular weight excluding hydrogens is 250 g/mol. The zero-order valence-corrected chi connectivity index (χ0v) is 13.7. The van der Waals surface area contributed by atoms with Gasteiger partial charge in [-0.05, 0) is 31.4 Å². The molecule has 0 bridgehead atoms. The molecule has 0 saturated heterocycles. The smallest absolute Gasteiger partial charge is 0.0161 e. The Balaban J connectivity index is 2.40. The third kappa shape index (κ3) is 8.33. The monoisotopic (exact) mass is 279 g/mol.